The van der Waals surface area contributed by atoms with Gasteiger partial charge in [-0.15, -0.1) is 17.0 Å². The van der Waals surface area contributed by atoms with E-state index in [2.05, 4.69) is 22.0 Å². The topological polar surface area (TPSA) is 38.7 Å². The quantitative estimate of drug-likeness (QED) is 0.343. The molecule has 1 aromatic rings. The summed E-state index contributed by atoms with van der Waals surface area (Å²) in [4.78, 5) is 1.77. The first kappa shape index (κ1) is 9.88. The molecule has 0 saturated carbocycles. The predicted molar refractivity (Wildman–Crippen MR) is 49.1 cm³/mol. The van der Waals surface area contributed by atoms with Crippen LogP contribution >= 0.6 is 24.7 Å². The Labute approximate surface area is 80.2 Å². The molecule has 0 bridgehead atoms. The van der Waals surface area contributed by atoms with Crippen LogP contribution in [0.5, 0.6) is 0 Å². The molecule has 0 unspecified atom stereocenters. The van der Waals surface area contributed by atoms with E-state index in [1.54, 1.807) is 0 Å². The Balaban J connectivity index is 2.69. The number of benzene rings is 1. The van der Waals surface area contributed by atoms with Gasteiger partial charge in [-0.25, -0.2) is 5.26 Å². The van der Waals surface area contributed by atoms with E-state index in [-0.39, 0.29) is 0 Å². The second-order valence-corrected chi connectivity index (χ2v) is 3.43. The second kappa shape index (κ2) is 4.74. The highest BCUT2D eigenvalue weighted by atomic mass is 32.2. The van der Waals surface area contributed by atoms with Crippen molar-refractivity contribution >= 4 is 24.7 Å². The Morgan fingerprint density at radius 1 is 1.50 bits per heavy atom. The maximum atomic E-state index is 7.89. The minimum atomic E-state index is 0.847. The van der Waals surface area contributed by atoms with Gasteiger partial charge in [-0.1, -0.05) is 5.04 Å². The second-order valence-electron chi connectivity index (χ2n) is 2.17. The lowest BCUT2D eigenvalue weighted by atomic mass is 10.2. The number of thiol groups is 1. The first-order valence-corrected chi connectivity index (χ1v) is 4.37. The molecule has 5 heteroatoms. The van der Waals surface area contributed by atoms with Gasteiger partial charge in [0, 0.05) is 9.79 Å². The van der Waals surface area contributed by atoms with Crippen molar-refractivity contribution < 1.29 is 14.6 Å². The molecule has 0 saturated heterocycles. The number of hydrogen-bond donors (Lipinski definition) is 2. The van der Waals surface area contributed by atoms with Crippen LogP contribution in [0.2, 0.25) is 0 Å². The van der Waals surface area contributed by atoms with Crippen LogP contribution in [-0.4, -0.2) is 5.26 Å². The van der Waals surface area contributed by atoms with Crippen LogP contribution in [0.4, 0.5) is 0 Å². The van der Waals surface area contributed by atoms with Crippen LogP contribution in [0.25, 0.3) is 0 Å². The molecule has 0 amide bonds. The third-order valence-electron chi connectivity index (χ3n) is 1.33. The summed E-state index contributed by atoms with van der Waals surface area (Å²) in [6.45, 7) is 1.94. The lowest BCUT2D eigenvalue weighted by Crippen LogP contribution is -1.81. The normalized spacial score (nSPS) is 10.2. The Bertz CT molecular complexity index is 265. The summed E-state index contributed by atoms with van der Waals surface area (Å²) >= 11 is 5.14. The highest BCUT2D eigenvalue weighted by Gasteiger charge is 1.98. The van der Waals surface area contributed by atoms with E-state index in [1.165, 1.54) is 0 Å². The van der Waals surface area contributed by atoms with E-state index in [4.69, 9.17) is 5.26 Å². The number of hydrogen-bond acceptors (Lipinski definition) is 5. The predicted octanol–water partition coefficient (Wildman–Crippen LogP) is 2.71. The van der Waals surface area contributed by atoms with Gasteiger partial charge >= 0.3 is 0 Å². The number of aryl methyl sites for hydroxylation is 1. The molecule has 0 heterocycles. The maximum absolute atomic E-state index is 7.89. The average molecular weight is 204 g/mol. The van der Waals surface area contributed by atoms with E-state index in [0.29, 0.717) is 0 Å². The van der Waals surface area contributed by atoms with Crippen molar-refractivity contribution in [2.45, 2.75) is 16.7 Å². The van der Waals surface area contributed by atoms with Crippen molar-refractivity contribution in [1.29, 1.82) is 0 Å². The van der Waals surface area contributed by atoms with E-state index >= 15 is 0 Å². The lowest BCUT2D eigenvalue weighted by molar-refractivity contribution is -0.432. The Kier molecular flexibility index (Phi) is 3.90. The van der Waals surface area contributed by atoms with Crippen molar-refractivity contribution in [3.63, 3.8) is 0 Å². The Hall–Kier alpha value is -0.200. The summed E-state index contributed by atoms with van der Waals surface area (Å²) in [5.41, 5.74) is 1.05. The third-order valence-corrected chi connectivity index (χ3v) is 2.41. The molecule has 0 spiro atoms. The molecule has 0 aromatic heterocycles. The number of rotatable bonds is 3. The largest absolute Gasteiger partial charge is 0.220 e. The van der Waals surface area contributed by atoms with Crippen LogP contribution in [0.1, 0.15) is 5.56 Å². The van der Waals surface area contributed by atoms with Crippen molar-refractivity contribution in [3.05, 3.63) is 23.8 Å². The standard InChI is InChI=1S/C7H8O3S2/c1-5-4-6(12-10-9-8)2-3-7(5)11/h2-4,8,11H,1H3. The molecule has 66 valence electrons. The summed E-state index contributed by atoms with van der Waals surface area (Å²) in [5, 5.41) is 11.4. The molecule has 1 aromatic carbocycles. The summed E-state index contributed by atoms with van der Waals surface area (Å²) in [7, 11) is 0. The van der Waals surface area contributed by atoms with E-state index in [0.717, 1.165) is 27.4 Å². The molecule has 0 radical (unpaired) electrons. The van der Waals surface area contributed by atoms with Crippen molar-refractivity contribution in [1.82, 2.24) is 0 Å². The molecule has 0 aliphatic rings. The fraction of sp³-hybridized carbons (Fsp3) is 0.143. The molecular formula is C7H8O3S2. The monoisotopic (exact) mass is 204 g/mol. The van der Waals surface area contributed by atoms with Crippen molar-refractivity contribution in [3.8, 4) is 0 Å². The summed E-state index contributed by atoms with van der Waals surface area (Å²) in [6.07, 6.45) is 0. The van der Waals surface area contributed by atoms with Crippen LogP contribution in [-0.2, 0) is 9.37 Å². The molecule has 3 nitrogen and oxygen atoms in total. The maximum Gasteiger partial charge on any atom is 0.0714 e. The van der Waals surface area contributed by atoms with Gasteiger partial charge in [-0.2, -0.15) is 0 Å². The van der Waals surface area contributed by atoms with Crippen LogP contribution in [0.15, 0.2) is 28.0 Å². The van der Waals surface area contributed by atoms with Gasteiger partial charge < -0.3 is 0 Å². The first-order valence-electron chi connectivity index (χ1n) is 3.18. The van der Waals surface area contributed by atoms with Crippen molar-refractivity contribution in [2.24, 2.45) is 0 Å². The van der Waals surface area contributed by atoms with Gasteiger partial charge in [-0.3, -0.25) is 0 Å². The molecule has 1 rings (SSSR count). The smallest absolute Gasteiger partial charge is 0.0714 e. The molecule has 0 atom stereocenters. The van der Waals surface area contributed by atoms with Crippen LogP contribution in [0.3, 0.4) is 0 Å². The molecule has 1 N–H and O–H groups in total. The zero-order valence-electron chi connectivity index (χ0n) is 6.35. The van der Waals surface area contributed by atoms with Gasteiger partial charge in [0.1, 0.15) is 0 Å². The highest BCUT2D eigenvalue weighted by Crippen LogP contribution is 2.23. The van der Waals surface area contributed by atoms with Gasteiger partial charge in [0.25, 0.3) is 0 Å². The first-order chi connectivity index (χ1) is 5.74. The Morgan fingerprint density at radius 2 is 2.25 bits per heavy atom. The van der Waals surface area contributed by atoms with Crippen LogP contribution < -0.4 is 0 Å². The summed E-state index contributed by atoms with van der Waals surface area (Å²) in [5.74, 6) is 0. The Morgan fingerprint density at radius 3 is 2.83 bits per heavy atom. The molecule has 0 aliphatic carbocycles. The third kappa shape index (κ3) is 2.69. The minimum absolute atomic E-state index is 0.847. The fourth-order valence-corrected chi connectivity index (χ4v) is 1.33. The molecular weight excluding hydrogens is 196 g/mol. The van der Waals surface area contributed by atoms with Crippen molar-refractivity contribution in [2.75, 3.05) is 0 Å². The van der Waals surface area contributed by atoms with Gasteiger partial charge in [0.2, 0.25) is 0 Å². The summed E-state index contributed by atoms with van der Waals surface area (Å²) < 4.78 is 4.26. The molecule has 12 heavy (non-hydrogen) atoms. The van der Waals surface area contributed by atoms with Gasteiger partial charge in [0.05, 0.1) is 12.0 Å². The van der Waals surface area contributed by atoms with E-state index < -0.39 is 0 Å². The SMILES string of the molecule is Cc1cc(SOOO)ccc1S. The highest BCUT2D eigenvalue weighted by molar-refractivity contribution is 7.94. The average Bonchev–Trinajstić information content (AvgIpc) is 2.07. The minimum Gasteiger partial charge on any atom is -0.220 e. The molecule has 0 fully saturated rings. The fourth-order valence-electron chi connectivity index (χ4n) is 0.734. The summed E-state index contributed by atoms with van der Waals surface area (Å²) in [6, 6.07) is 5.55. The van der Waals surface area contributed by atoms with E-state index in [1.807, 2.05) is 25.1 Å². The molecule has 0 aliphatic heterocycles. The zero-order chi connectivity index (χ0) is 8.97. The van der Waals surface area contributed by atoms with Gasteiger partial charge in [0.15, 0.2) is 0 Å². The zero-order valence-corrected chi connectivity index (χ0v) is 8.06. The lowest BCUT2D eigenvalue weighted by Gasteiger charge is -2.01. The van der Waals surface area contributed by atoms with Crippen LogP contribution in [0, 0.1) is 6.92 Å². The van der Waals surface area contributed by atoms with Gasteiger partial charge in [-0.05, 0) is 30.7 Å². The van der Waals surface area contributed by atoms with E-state index in [9.17, 15) is 0 Å².